The average molecular weight is 256 g/mol. The summed E-state index contributed by atoms with van der Waals surface area (Å²) < 4.78 is 0. The van der Waals surface area contributed by atoms with Crippen molar-refractivity contribution in [2.75, 3.05) is 19.6 Å². The molecule has 0 aliphatic heterocycles. The largest absolute Gasteiger partial charge is 0.481 e. The molecule has 1 unspecified atom stereocenters. The lowest BCUT2D eigenvalue weighted by atomic mass is 10.0. The van der Waals surface area contributed by atoms with Gasteiger partial charge in [-0.1, -0.05) is 13.8 Å². The van der Waals surface area contributed by atoms with Crippen molar-refractivity contribution in [3.63, 3.8) is 0 Å². The van der Waals surface area contributed by atoms with Gasteiger partial charge in [-0.05, 0) is 31.6 Å². The highest BCUT2D eigenvalue weighted by Gasteiger charge is 2.40. The Kier molecular flexibility index (Phi) is 4.99. The molecule has 104 valence electrons. The lowest BCUT2D eigenvalue weighted by Crippen LogP contribution is -2.44. The van der Waals surface area contributed by atoms with Crippen molar-refractivity contribution in [1.29, 1.82) is 0 Å². The van der Waals surface area contributed by atoms with Crippen LogP contribution in [0.1, 0.15) is 40.0 Å². The molecule has 0 bridgehead atoms. The molecule has 1 rings (SSSR count). The molecular formula is C13H24N2O3. The highest BCUT2D eigenvalue weighted by atomic mass is 16.4. The van der Waals surface area contributed by atoms with Crippen LogP contribution >= 0.6 is 0 Å². The topological polar surface area (TPSA) is 69.6 Å². The number of urea groups is 1. The fourth-order valence-corrected chi connectivity index (χ4v) is 1.97. The lowest BCUT2D eigenvalue weighted by Gasteiger charge is -2.24. The van der Waals surface area contributed by atoms with E-state index >= 15 is 0 Å². The van der Waals surface area contributed by atoms with Gasteiger partial charge in [0, 0.05) is 19.6 Å². The maximum Gasteiger partial charge on any atom is 0.317 e. The van der Waals surface area contributed by atoms with Gasteiger partial charge in [0.25, 0.3) is 0 Å². The molecule has 0 aromatic carbocycles. The quantitative estimate of drug-likeness (QED) is 0.731. The molecule has 2 N–H and O–H groups in total. The van der Waals surface area contributed by atoms with E-state index in [0.29, 0.717) is 18.5 Å². The van der Waals surface area contributed by atoms with Crippen LogP contribution in [0, 0.1) is 11.3 Å². The van der Waals surface area contributed by atoms with Gasteiger partial charge in [-0.15, -0.1) is 0 Å². The minimum absolute atomic E-state index is 0.148. The summed E-state index contributed by atoms with van der Waals surface area (Å²) in [6, 6.07) is -0.148. The van der Waals surface area contributed by atoms with Crippen molar-refractivity contribution in [2.24, 2.45) is 11.3 Å². The highest BCUT2D eigenvalue weighted by Crippen LogP contribution is 2.47. The molecule has 0 spiro atoms. The molecule has 1 atom stereocenters. The van der Waals surface area contributed by atoms with E-state index in [1.54, 1.807) is 11.8 Å². The first-order chi connectivity index (χ1) is 8.44. The van der Waals surface area contributed by atoms with E-state index in [9.17, 15) is 9.59 Å². The zero-order chi connectivity index (χ0) is 13.8. The number of aliphatic carboxylic acids is 1. The first-order valence-electron chi connectivity index (χ1n) is 6.69. The van der Waals surface area contributed by atoms with Gasteiger partial charge in [-0.25, -0.2) is 4.79 Å². The Hall–Kier alpha value is -1.26. The molecular weight excluding hydrogens is 232 g/mol. The van der Waals surface area contributed by atoms with Crippen LogP contribution in [-0.4, -0.2) is 41.6 Å². The molecule has 1 aliphatic carbocycles. The number of rotatable bonds is 7. The molecule has 0 radical (unpaired) electrons. The molecule has 1 fully saturated rings. The predicted octanol–water partition coefficient (Wildman–Crippen LogP) is 1.93. The minimum atomic E-state index is -0.867. The molecule has 5 nitrogen and oxygen atoms in total. The Bertz CT molecular complexity index is 313. The van der Waals surface area contributed by atoms with Crippen molar-refractivity contribution in [2.45, 2.75) is 40.0 Å². The van der Waals surface area contributed by atoms with Crippen molar-refractivity contribution < 1.29 is 14.7 Å². The fourth-order valence-electron chi connectivity index (χ4n) is 1.97. The highest BCUT2D eigenvalue weighted by molar-refractivity contribution is 5.76. The smallest absolute Gasteiger partial charge is 0.317 e. The third-order valence-electron chi connectivity index (χ3n) is 3.91. The summed E-state index contributed by atoms with van der Waals surface area (Å²) in [5, 5.41) is 11.8. The van der Waals surface area contributed by atoms with Crippen LogP contribution in [0.15, 0.2) is 0 Å². The van der Waals surface area contributed by atoms with E-state index in [1.807, 2.05) is 6.92 Å². The molecule has 1 aliphatic rings. The number of hydrogen-bond donors (Lipinski definition) is 2. The molecule has 1 saturated carbocycles. The van der Waals surface area contributed by atoms with Gasteiger partial charge < -0.3 is 15.3 Å². The Balaban J connectivity index is 2.39. The maximum atomic E-state index is 11.9. The normalized spacial score (nSPS) is 17.9. The number of hydrogen-bond acceptors (Lipinski definition) is 2. The third-order valence-corrected chi connectivity index (χ3v) is 3.91. The van der Waals surface area contributed by atoms with E-state index in [-0.39, 0.29) is 12.6 Å². The number of carbonyl (C=O) groups is 2. The summed E-state index contributed by atoms with van der Waals surface area (Å²) in [4.78, 5) is 24.3. The zero-order valence-electron chi connectivity index (χ0n) is 11.5. The predicted molar refractivity (Wildman–Crippen MR) is 69.4 cm³/mol. The second-order valence-electron chi connectivity index (χ2n) is 5.29. The molecule has 0 heterocycles. The van der Waals surface area contributed by atoms with E-state index in [0.717, 1.165) is 6.42 Å². The first kappa shape index (κ1) is 14.8. The van der Waals surface area contributed by atoms with Crippen LogP contribution in [0.25, 0.3) is 0 Å². The number of amides is 2. The van der Waals surface area contributed by atoms with Crippen molar-refractivity contribution in [3.05, 3.63) is 0 Å². The van der Waals surface area contributed by atoms with Gasteiger partial charge in [0.1, 0.15) is 0 Å². The Labute approximate surface area is 109 Å². The lowest BCUT2D eigenvalue weighted by molar-refractivity contribution is -0.141. The Morgan fingerprint density at radius 1 is 1.39 bits per heavy atom. The van der Waals surface area contributed by atoms with E-state index in [2.05, 4.69) is 12.2 Å². The number of carboxylic acid groups (broad SMARTS) is 1. The first-order valence-corrected chi connectivity index (χ1v) is 6.69. The van der Waals surface area contributed by atoms with Crippen LogP contribution in [0.3, 0.4) is 0 Å². The van der Waals surface area contributed by atoms with E-state index in [1.165, 1.54) is 12.8 Å². The van der Waals surface area contributed by atoms with Crippen LogP contribution in [-0.2, 0) is 4.79 Å². The van der Waals surface area contributed by atoms with Gasteiger partial charge in [-0.2, -0.15) is 0 Å². The molecule has 2 amide bonds. The van der Waals surface area contributed by atoms with Crippen molar-refractivity contribution in [3.8, 4) is 0 Å². The summed E-state index contributed by atoms with van der Waals surface area (Å²) in [6.07, 6.45) is 3.45. The number of nitrogens with one attached hydrogen (secondary N) is 1. The van der Waals surface area contributed by atoms with Crippen LogP contribution in [0.4, 0.5) is 4.79 Å². The standard InChI is InChI=1S/C13H24N2O3/c1-4-13(6-7-13)9-14-12(18)15(5-2)8-10(3)11(16)17/h10H,4-9H2,1-3H3,(H,14,18)(H,16,17). The summed E-state index contributed by atoms with van der Waals surface area (Å²) in [5.74, 6) is -1.40. The molecule has 0 aromatic rings. The third kappa shape index (κ3) is 3.89. The number of carbonyl (C=O) groups excluding carboxylic acids is 1. The molecule has 18 heavy (non-hydrogen) atoms. The van der Waals surface area contributed by atoms with Gasteiger partial charge in [0.15, 0.2) is 0 Å². The molecule has 5 heteroatoms. The molecule has 0 saturated heterocycles. The van der Waals surface area contributed by atoms with E-state index in [4.69, 9.17) is 5.11 Å². The summed E-state index contributed by atoms with van der Waals surface area (Å²) in [6.45, 7) is 7.12. The van der Waals surface area contributed by atoms with Gasteiger partial charge in [0.2, 0.25) is 0 Å². The molecule has 0 aromatic heterocycles. The second-order valence-corrected chi connectivity index (χ2v) is 5.29. The zero-order valence-corrected chi connectivity index (χ0v) is 11.5. The average Bonchev–Trinajstić information content (AvgIpc) is 3.13. The van der Waals surface area contributed by atoms with Gasteiger partial charge in [0.05, 0.1) is 5.92 Å². The van der Waals surface area contributed by atoms with Crippen LogP contribution < -0.4 is 5.32 Å². The van der Waals surface area contributed by atoms with Crippen LogP contribution in [0.5, 0.6) is 0 Å². The van der Waals surface area contributed by atoms with Crippen molar-refractivity contribution in [1.82, 2.24) is 10.2 Å². The Morgan fingerprint density at radius 2 is 2.00 bits per heavy atom. The summed E-state index contributed by atoms with van der Waals surface area (Å²) in [7, 11) is 0. The maximum absolute atomic E-state index is 11.9. The monoisotopic (exact) mass is 256 g/mol. The fraction of sp³-hybridized carbons (Fsp3) is 0.846. The Morgan fingerprint density at radius 3 is 2.39 bits per heavy atom. The second kappa shape index (κ2) is 6.07. The SMILES string of the molecule is CCN(CC(C)C(=O)O)C(=O)NCC1(CC)CC1. The summed E-state index contributed by atoms with van der Waals surface area (Å²) in [5.41, 5.74) is 0.313. The van der Waals surface area contributed by atoms with Gasteiger partial charge >= 0.3 is 12.0 Å². The van der Waals surface area contributed by atoms with E-state index < -0.39 is 11.9 Å². The number of carboxylic acids is 1. The summed E-state index contributed by atoms with van der Waals surface area (Å²) >= 11 is 0. The minimum Gasteiger partial charge on any atom is -0.481 e. The number of nitrogens with zero attached hydrogens (tertiary/aromatic N) is 1. The van der Waals surface area contributed by atoms with Crippen molar-refractivity contribution >= 4 is 12.0 Å². The van der Waals surface area contributed by atoms with Crippen LogP contribution in [0.2, 0.25) is 0 Å². The van der Waals surface area contributed by atoms with Gasteiger partial charge in [-0.3, -0.25) is 4.79 Å².